The molecule has 0 saturated heterocycles. The zero-order chi connectivity index (χ0) is 9.26. The van der Waals surface area contributed by atoms with Crippen LogP contribution in [0.1, 0.15) is 35.4 Å². The minimum absolute atomic E-state index is 0.523. The second kappa shape index (κ2) is 4.33. The Hall–Kier alpha value is 0.470. The van der Waals surface area contributed by atoms with Crippen LogP contribution in [0.3, 0.4) is 0 Å². The van der Waals surface area contributed by atoms with Gasteiger partial charge in [0.15, 0.2) is 0 Å². The van der Waals surface area contributed by atoms with Gasteiger partial charge >= 0.3 is 0 Å². The lowest BCUT2D eigenvalue weighted by Gasteiger charge is -2.27. The molecule has 1 atom stereocenters. The fourth-order valence-corrected chi connectivity index (χ4v) is 3.65. The number of halogens is 2. The van der Waals surface area contributed by atoms with Crippen LogP contribution in [0.4, 0.5) is 0 Å². The largest absolute Gasteiger partial charge is 0.127 e. The van der Waals surface area contributed by atoms with E-state index in [2.05, 4.69) is 22.0 Å². The van der Waals surface area contributed by atoms with Crippen LogP contribution in [0.15, 0.2) is 12.1 Å². The van der Waals surface area contributed by atoms with Crippen LogP contribution in [-0.4, -0.2) is 0 Å². The highest BCUT2D eigenvalue weighted by Gasteiger charge is 2.22. The molecule has 1 fully saturated rings. The van der Waals surface area contributed by atoms with Crippen molar-refractivity contribution in [2.24, 2.45) is 5.92 Å². The first-order chi connectivity index (χ1) is 6.25. The SMILES string of the molecule is Clc1ccc(C(Br)CC2CCC2)s1. The molecule has 1 heterocycles. The fraction of sp³-hybridized carbons (Fsp3) is 0.600. The minimum Gasteiger partial charge on any atom is -0.127 e. The van der Waals surface area contributed by atoms with Gasteiger partial charge in [-0.2, -0.15) is 0 Å². The smallest absolute Gasteiger partial charge is 0.0931 e. The summed E-state index contributed by atoms with van der Waals surface area (Å²) in [6, 6.07) is 4.11. The minimum atomic E-state index is 0.523. The van der Waals surface area contributed by atoms with E-state index < -0.39 is 0 Å². The molecule has 0 bridgehead atoms. The molecule has 1 saturated carbocycles. The van der Waals surface area contributed by atoms with E-state index >= 15 is 0 Å². The second-order valence-electron chi connectivity index (χ2n) is 3.64. The van der Waals surface area contributed by atoms with Crippen LogP contribution in [0.2, 0.25) is 4.34 Å². The van der Waals surface area contributed by atoms with Gasteiger partial charge in [0.05, 0.1) is 4.34 Å². The van der Waals surface area contributed by atoms with E-state index in [4.69, 9.17) is 11.6 Å². The molecule has 0 N–H and O–H groups in total. The first-order valence-electron chi connectivity index (χ1n) is 4.65. The van der Waals surface area contributed by atoms with Gasteiger partial charge in [-0.3, -0.25) is 0 Å². The molecule has 1 aromatic heterocycles. The average molecular weight is 280 g/mol. The summed E-state index contributed by atoms with van der Waals surface area (Å²) in [4.78, 5) is 1.90. The fourth-order valence-electron chi connectivity index (χ4n) is 1.63. The number of hydrogen-bond acceptors (Lipinski definition) is 1. The Labute approximate surface area is 96.4 Å². The molecule has 0 radical (unpaired) electrons. The standard InChI is InChI=1S/C10H12BrClS/c11-8(6-7-2-1-3-7)9-4-5-10(12)13-9/h4-5,7-8H,1-3,6H2. The van der Waals surface area contributed by atoms with Crippen LogP contribution in [0.5, 0.6) is 0 Å². The monoisotopic (exact) mass is 278 g/mol. The predicted molar refractivity (Wildman–Crippen MR) is 63.0 cm³/mol. The van der Waals surface area contributed by atoms with Crippen LogP contribution in [0, 0.1) is 5.92 Å². The van der Waals surface area contributed by atoms with Crippen LogP contribution in [0.25, 0.3) is 0 Å². The zero-order valence-corrected chi connectivity index (χ0v) is 10.5. The molecule has 1 aromatic rings. The van der Waals surface area contributed by atoms with Gasteiger partial charge in [0.25, 0.3) is 0 Å². The lowest BCUT2D eigenvalue weighted by molar-refractivity contribution is 0.296. The van der Waals surface area contributed by atoms with Gasteiger partial charge in [-0.1, -0.05) is 46.8 Å². The van der Waals surface area contributed by atoms with Gasteiger partial charge in [-0.05, 0) is 24.5 Å². The number of rotatable bonds is 3. The van der Waals surface area contributed by atoms with Crippen molar-refractivity contribution in [1.29, 1.82) is 0 Å². The highest BCUT2D eigenvalue weighted by atomic mass is 79.9. The van der Waals surface area contributed by atoms with E-state index in [1.54, 1.807) is 11.3 Å². The molecular formula is C10H12BrClS. The summed E-state index contributed by atoms with van der Waals surface area (Å²) < 4.78 is 0.896. The summed E-state index contributed by atoms with van der Waals surface area (Å²) in [7, 11) is 0. The van der Waals surface area contributed by atoms with Crippen molar-refractivity contribution in [3.63, 3.8) is 0 Å². The molecule has 0 aromatic carbocycles. The Morgan fingerprint density at radius 1 is 1.54 bits per heavy atom. The van der Waals surface area contributed by atoms with Crippen molar-refractivity contribution in [3.8, 4) is 0 Å². The molecule has 1 aliphatic rings. The maximum absolute atomic E-state index is 5.89. The topological polar surface area (TPSA) is 0 Å². The van der Waals surface area contributed by atoms with Crippen molar-refractivity contribution in [1.82, 2.24) is 0 Å². The van der Waals surface area contributed by atoms with Gasteiger partial charge in [0.1, 0.15) is 0 Å². The highest BCUT2D eigenvalue weighted by Crippen LogP contribution is 2.41. The Bertz CT molecular complexity index is 280. The Balaban J connectivity index is 1.92. The summed E-state index contributed by atoms with van der Waals surface area (Å²) in [5.74, 6) is 0.949. The van der Waals surface area contributed by atoms with Crippen molar-refractivity contribution in [3.05, 3.63) is 21.3 Å². The normalized spacial score (nSPS) is 19.8. The predicted octanol–water partition coefficient (Wildman–Crippen LogP) is 5.03. The summed E-state index contributed by atoms with van der Waals surface area (Å²) in [6.45, 7) is 0. The van der Waals surface area contributed by atoms with Crippen LogP contribution >= 0.6 is 38.9 Å². The third-order valence-electron chi connectivity index (χ3n) is 2.67. The van der Waals surface area contributed by atoms with Crippen molar-refractivity contribution < 1.29 is 0 Å². The van der Waals surface area contributed by atoms with Gasteiger partial charge in [0, 0.05) is 9.70 Å². The van der Waals surface area contributed by atoms with E-state index in [-0.39, 0.29) is 0 Å². The molecule has 72 valence electrons. The maximum Gasteiger partial charge on any atom is 0.0931 e. The average Bonchev–Trinajstić information content (AvgIpc) is 2.44. The van der Waals surface area contributed by atoms with Crippen molar-refractivity contribution >= 4 is 38.9 Å². The number of thiophene rings is 1. The Kier molecular flexibility index (Phi) is 3.33. The van der Waals surface area contributed by atoms with Gasteiger partial charge < -0.3 is 0 Å². The highest BCUT2D eigenvalue weighted by molar-refractivity contribution is 9.09. The first kappa shape index (κ1) is 10.0. The Morgan fingerprint density at radius 3 is 2.77 bits per heavy atom. The summed E-state index contributed by atoms with van der Waals surface area (Å²) in [5.41, 5.74) is 0. The third-order valence-corrected chi connectivity index (χ3v) is 5.18. The van der Waals surface area contributed by atoms with Gasteiger partial charge in [-0.25, -0.2) is 0 Å². The molecule has 0 nitrogen and oxygen atoms in total. The quantitative estimate of drug-likeness (QED) is 0.681. The molecule has 0 amide bonds. The van der Waals surface area contributed by atoms with E-state index in [0.717, 1.165) is 10.3 Å². The molecule has 1 unspecified atom stereocenters. The molecule has 3 heteroatoms. The summed E-state index contributed by atoms with van der Waals surface area (Å²) >= 11 is 11.3. The van der Waals surface area contributed by atoms with Crippen molar-refractivity contribution in [2.75, 3.05) is 0 Å². The van der Waals surface area contributed by atoms with Gasteiger partial charge in [0.2, 0.25) is 0 Å². The molecule has 0 spiro atoms. The van der Waals surface area contributed by atoms with Gasteiger partial charge in [-0.15, -0.1) is 11.3 Å². The zero-order valence-electron chi connectivity index (χ0n) is 7.30. The number of alkyl halides is 1. The number of hydrogen-bond donors (Lipinski definition) is 0. The third kappa shape index (κ3) is 2.48. The summed E-state index contributed by atoms with van der Waals surface area (Å²) in [6.07, 6.45) is 5.54. The second-order valence-corrected chi connectivity index (χ2v) is 6.49. The van der Waals surface area contributed by atoms with E-state index in [9.17, 15) is 0 Å². The lowest BCUT2D eigenvalue weighted by Crippen LogP contribution is -2.12. The lowest BCUT2D eigenvalue weighted by atomic mass is 9.82. The molecular weight excluding hydrogens is 268 g/mol. The Morgan fingerprint density at radius 2 is 2.31 bits per heavy atom. The van der Waals surface area contributed by atoms with E-state index in [0.29, 0.717) is 4.83 Å². The van der Waals surface area contributed by atoms with Crippen molar-refractivity contribution in [2.45, 2.75) is 30.5 Å². The molecule has 0 aliphatic heterocycles. The van der Waals surface area contributed by atoms with Crippen LogP contribution in [-0.2, 0) is 0 Å². The van der Waals surface area contributed by atoms with E-state index in [1.807, 2.05) is 6.07 Å². The molecule has 13 heavy (non-hydrogen) atoms. The maximum atomic E-state index is 5.89. The van der Waals surface area contributed by atoms with E-state index in [1.165, 1.54) is 30.6 Å². The molecule has 1 aliphatic carbocycles. The first-order valence-corrected chi connectivity index (χ1v) is 6.76. The molecule has 2 rings (SSSR count). The van der Waals surface area contributed by atoms with Crippen LogP contribution < -0.4 is 0 Å². The summed E-state index contributed by atoms with van der Waals surface area (Å²) in [5, 5.41) is 0.